The number of amidine groups is 1. The van der Waals surface area contributed by atoms with E-state index >= 15 is 0 Å². The lowest BCUT2D eigenvalue weighted by atomic mass is 9.95. The third-order valence-corrected chi connectivity index (χ3v) is 5.50. The van der Waals surface area contributed by atoms with Gasteiger partial charge in [0.25, 0.3) is 0 Å². The summed E-state index contributed by atoms with van der Waals surface area (Å²) in [6, 6.07) is -0.917. The first-order valence-corrected chi connectivity index (χ1v) is 10.0. The van der Waals surface area contributed by atoms with E-state index in [9.17, 15) is 9.90 Å². The van der Waals surface area contributed by atoms with E-state index in [0.29, 0.717) is 5.70 Å². The summed E-state index contributed by atoms with van der Waals surface area (Å²) in [7, 11) is 0. The van der Waals surface area contributed by atoms with Crippen LogP contribution in [0.2, 0.25) is 0 Å². The van der Waals surface area contributed by atoms with Crippen LogP contribution in [0.5, 0.6) is 0 Å². The predicted octanol–water partition coefficient (Wildman–Crippen LogP) is 3.48. The average Bonchev–Trinajstić information content (AvgIpc) is 2.74. The van der Waals surface area contributed by atoms with Gasteiger partial charge in [-0.05, 0) is 68.7 Å². The highest BCUT2D eigenvalue weighted by Gasteiger charge is 2.29. The normalized spacial score (nSPS) is 24.3. The van der Waals surface area contributed by atoms with Crippen LogP contribution in [0.1, 0.15) is 32.6 Å². The predicted molar refractivity (Wildman–Crippen MR) is 115 cm³/mol. The number of hydrogen-bond acceptors (Lipinski definition) is 5. The molecule has 3 aliphatic heterocycles. The van der Waals surface area contributed by atoms with Crippen LogP contribution in [0.15, 0.2) is 88.7 Å². The van der Waals surface area contributed by atoms with Crippen molar-refractivity contribution in [3.8, 4) is 0 Å². The number of nitrogens with zero attached hydrogens (tertiary/aromatic N) is 2. The molecule has 0 saturated heterocycles. The maximum atomic E-state index is 11.6. The van der Waals surface area contributed by atoms with Gasteiger partial charge in [0.2, 0.25) is 0 Å². The molecule has 0 radical (unpaired) electrons. The molecule has 0 spiro atoms. The Labute approximate surface area is 171 Å². The molecule has 0 saturated carbocycles. The van der Waals surface area contributed by atoms with Crippen molar-refractivity contribution >= 4 is 11.8 Å². The molecule has 0 amide bonds. The summed E-state index contributed by atoms with van der Waals surface area (Å²) in [5.41, 5.74) is 4.77. The summed E-state index contributed by atoms with van der Waals surface area (Å²) in [5, 5.41) is 15.7. The van der Waals surface area contributed by atoms with Crippen LogP contribution in [0, 0.1) is 0 Å². The van der Waals surface area contributed by atoms with E-state index in [0.717, 1.165) is 35.6 Å². The van der Waals surface area contributed by atoms with Crippen molar-refractivity contribution in [2.45, 2.75) is 44.7 Å². The molecule has 0 aromatic carbocycles. The molecule has 0 aromatic heterocycles. The van der Waals surface area contributed by atoms with Gasteiger partial charge in [0.15, 0.2) is 6.04 Å². The average molecular weight is 390 g/mol. The maximum Gasteiger partial charge on any atom is 0.332 e. The summed E-state index contributed by atoms with van der Waals surface area (Å²) >= 11 is 0. The molecule has 6 heteroatoms. The van der Waals surface area contributed by atoms with Gasteiger partial charge in [0.1, 0.15) is 5.84 Å². The van der Waals surface area contributed by atoms with Crippen LogP contribution in [-0.2, 0) is 4.79 Å². The van der Waals surface area contributed by atoms with Gasteiger partial charge in [-0.1, -0.05) is 18.7 Å². The molecule has 2 unspecified atom stereocenters. The maximum absolute atomic E-state index is 11.6. The molecule has 4 aliphatic rings. The highest BCUT2D eigenvalue weighted by atomic mass is 16.4. The Morgan fingerprint density at radius 1 is 1.38 bits per heavy atom. The van der Waals surface area contributed by atoms with Crippen molar-refractivity contribution in [3.63, 3.8) is 0 Å². The Bertz CT molecular complexity index is 946. The second-order valence-corrected chi connectivity index (χ2v) is 7.55. The Hall–Kier alpha value is -3.28. The number of aliphatic carboxylic acids is 1. The lowest BCUT2D eigenvalue weighted by Gasteiger charge is -2.34. The number of hydrogen-bond donors (Lipinski definition) is 3. The molecule has 3 heterocycles. The Kier molecular flexibility index (Phi) is 5.25. The van der Waals surface area contributed by atoms with Gasteiger partial charge in [-0.15, -0.1) is 0 Å². The smallest absolute Gasteiger partial charge is 0.332 e. The summed E-state index contributed by atoms with van der Waals surface area (Å²) in [5.74, 6) is -0.0782. The van der Waals surface area contributed by atoms with Crippen LogP contribution in [0.3, 0.4) is 0 Å². The van der Waals surface area contributed by atoms with E-state index in [1.54, 1.807) is 18.4 Å². The van der Waals surface area contributed by atoms with Gasteiger partial charge in [-0.2, -0.15) is 0 Å². The fraction of sp³-hybridized carbons (Fsp3) is 0.304. The Balaban J connectivity index is 1.61. The SMILES string of the molecule is C=C1C=C(C2=CCCCC2)N=C2C(C(C)NC3=CC=CNC3C(=O)O)=CC=CN12. The second-order valence-electron chi connectivity index (χ2n) is 7.55. The van der Waals surface area contributed by atoms with Gasteiger partial charge in [0.05, 0.1) is 11.7 Å². The molecule has 29 heavy (non-hydrogen) atoms. The third-order valence-electron chi connectivity index (χ3n) is 5.50. The van der Waals surface area contributed by atoms with Crippen LogP contribution < -0.4 is 10.6 Å². The fourth-order valence-electron chi connectivity index (χ4n) is 3.97. The van der Waals surface area contributed by atoms with Gasteiger partial charge in [0, 0.05) is 23.2 Å². The van der Waals surface area contributed by atoms with Crippen molar-refractivity contribution in [2.24, 2.45) is 4.99 Å². The number of carbonyl (C=O) groups is 1. The molecule has 0 bridgehead atoms. The largest absolute Gasteiger partial charge is 0.479 e. The van der Waals surface area contributed by atoms with E-state index in [1.807, 2.05) is 36.3 Å². The molecule has 0 fully saturated rings. The minimum absolute atomic E-state index is 0.130. The van der Waals surface area contributed by atoms with Crippen molar-refractivity contribution in [2.75, 3.05) is 0 Å². The first kappa shape index (κ1) is 19.1. The summed E-state index contributed by atoms with van der Waals surface area (Å²) in [6.07, 6.45) is 20.1. The summed E-state index contributed by atoms with van der Waals surface area (Å²) < 4.78 is 0. The van der Waals surface area contributed by atoms with Crippen molar-refractivity contribution in [3.05, 3.63) is 83.7 Å². The topological polar surface area (TPSA) is 77.0 Å². The molecular formula is C23H26N4O2. The number of nitrogens with one attached hydrogen (secondary N) is 2. The van der Waals surface area contributed by atoms with E-state index in [1.165, 1.54) is 18.4 Å². The van der Waals surface area contributed by atoms with Crippen molar-refractivity contribution < 1.29 is 9.90 Å². The lowest BCUT2D eigenvalue weighted by molar-refractivity contribution is -0.138. The number of dihydropyridines is 1. The second kappa shape index (κ2) is 7.99. The first-order valence-electron chi connectivity index (χ1n) is 10.0. The van der Waals surface area contributed by atoms with Gasteiger partial charge >= 0.3 is 5.97 Å². The first-order chi connectivity index (χ1) is 14.0. The zero-order chi connectivity index (χ0) is 20.4. The van der Waals surface area contributed by atoms with E-state index in [2.05, 4.69) is 23.3 Å². The minimum Gasteiger partial charge on any atom is -0.479 e. The molecule has 0 aromatic rings. The lowest BCUT2D eigenvalue weighted by Crippen LogP contribution is -2.46. The number of allylic oxidation sites excluding steroid dienone is 7. The minimum atomic E-state index is -0.919. The van der Waals surface area contributed by atoms with Crippen molar-refractivity contribution in [1.82, 2.24) is 15.5 Å². The van der Waals surface area contributed by atoms with Crippen molar-refractivity contribution in [1.29, 1.82) is 0 Å². The molecular weight excluding hydrogens is 364 g/mol. The molecule has 2 atom stereocenters. The molecule has 1 aliphatic carbocycles. The third kappa shape index (κ3) is 3.83. The van der Waals surface area contributed by atoms with Crippen LogP contribution >= 0.6 is 0 Å². The number of rotatable bonds is 5. The van der Waals surface area contributed by atoms with E-state index < -0.39 is 12.0 Å². The van der Waals surface area contributed by atoms with Crippen LogP contribution in [0.4, 0.5) is 0 Å². The van der Waals surface area contributed by atoms with Crippen LogP contribution in [0.25, 0.3) is 0 Å². The molecule has 3 N–H and O–H groups in total. The summed E-state index contributed by atoms with van der Waals surface area (Å²) in [4.78, 5) is 18.5. The zero-order valence-electron chi connectivity index (χ0n) is 16.6. The quantitative estimate of drug-likeness (QED) is 0.670. The van der Waals surface area contributed by atoms with E-state index in [-0.39, 0.29) is 6.04 Å². The fourth-order valence-corrected chi connectivity index (χ4v) is 3.97. The van der Waals surface area contributed by atoms with Gasteiger partial charge in [-0.3, -0.25) is 0 Å². The molecule has 4 rings (SSSR count). The molecule has 150 valence electrons. The zero-order valence-corrected chi connectivity index (χ0v) is 16.6. The van der Waals surface area contributed by atoms with Crippen LogP contribution in [-0.4, -0.2) is 33.9 Å². The number of aliphatic imine (C=N–C) groups is 1. The Morgan fingerprint density at radius 2 is 2.24 bits per heavy atom. The standard InChI is InChI=1S/C23H26N4O2/c1-15-14-20(17-8-4-3-5-9-17)26-22-18(10-7-13-27(15)22)16(2)25-19-11-6-12-24-21(19)23(28)29/h6-8,10-14,16,21,24-25H,1,3-5,9H2,2H3,(H,28,29). The Morgan fingerprint density at radius 3 is 3.00 bits per heavy atom. The number of carboxylic acids is 1. The van der Waals surface area contributed by atoms with E-state index in [4.69, 9.17) is 4.99 Å². The highest BCUT2D eigenvalue weighted by molar-refractivity contribution is 6.04. The number of carboxylic acid groups (broad SMARTS) is 1. The highest BCUT2D eigenvalue weighted by Crippen LogP contribution is 2.32. The molecule has 6 nitrogen and oxygen atoms in total. The monoisotopic (exact) mass is 390 g/mol. The number of fused-ring (bicyclic) bond motifs is 1. The van der Waals surface area contributed by atoms with Gasteiger partial charge in [-0.25, -0.2) is 9.79 Å². The van der Waals surface area contributed by atoms with Gasteiger partial charge < -0.3 is 20.6 Å². The summed E-state index contributed by atoms with van der Waals surface area (Å²) in [6.45, 7) is 6.24.